The number of rotatable bonds is 2. The van der Waals surface area contributed by atoms with Crippen molar-refractivity contribution in [1.29, 1.82) is 0 Å². The Kier molecular flexibility index (Phi) is 4.82. The lowest BCUT2D eigenvalue weighted by Gasteiger charge is -2.15. The van der Waals surface area contributed by atoms with Gasteiger partial charge in [-0.3, -0.25) is 9.69 Å². The Morgan fingerprint density at radius 3 is 2.41 bits per heavy atom. The average molecular weight is 455 g/mol. The summed E-state index contributed by atoms with van der Waals surface area (Å²) >= 11 is 13.6. The number of anilines is 1. The number of thioether (sulfide) groups is 1. The molecule has 0 aromatic heterocycles. The van der Waals surface area contributed by atoms with E-state index in [0.29, 0.717) is 9.23 Å². The van der Waals surface area contributed by atoms with Crippen LogP contribution in [0.2, 0.25) is 0 Å². The molecule has 1 aliphatic rings. The van der Waals surface area contributed by atoms with Crippen LogP contribution in [0.15, 0.2) is 62.4 Å². The minimum absolute atomic E-state index is 0.0928. The van der Waals surface area contributed by atoms with Crippen molar-refractivity contribution in [1.82, 2.24) is 0 Å². The number of amides is 1. The van der Waals surface area contributed by atoms with Crippen molar-refractivity contribution in [2.75, 3.05) is 4.90 Å². The molecule has 0 unspecified atom stereocenters. The van der Waals surface area contributed by atoms with E-state index in [9.17, 15) is 4.79 Å². The van der Waals surface area contributed by atoms with Gasteiger partial charge in [-0.25, -0.2) is 0 Å². The second-order valence-corrected chi connectivity index (χ2v) is 7.97. The Morgan fingerprint density at radius 2 is 1.73 bits per heavy atom. The van der Waals surface area contributed by atoms with Gasteiger partial charge in [0.1, 0.15) is 0 Å². The molecule has 1 amide bonds. The summed E-state index contributed by atoms with van der Waals surface area (Å²) in [5.41, 5.74) is 1.74. The van der Waals surface area contributed by atoms with E-state index in [1.54, 1.807) is 4.90 Å². The number of benzene rings is 2. The molecule has 1 saturated heterocycles. The summed E-state index contributed by atoms with van der Waals surface area (Å²) < 4.78 is 2.39. The first-order chi connectivity index (χ1) is 10.6. The lowest BCUT2D eigenvalue weighted by molar-refractivity contribution is -0.113. The fourth-order valence-electron chi connectivity index (χ4n) is 2.02. The van der Waals surface area contributed by atoms with Crippen LogP contribution in [0.4, 0.5) is 5.69 Å². The molecule has 0 radical (unpaired) electrons. The van der Waals surface area contributed by atoms with Crippen LogP contribution < -0.4 is 4.90 Å². The van der Waals surface area contributed by atoms with Gasteiger partial charge >= 0.3 is 0 Å². The summed E-state index contributed by atoms with van der Waals surface area (Å²) in [5.74, 6) is -0.0928. The van der Waals surface area contributed by atoms with E-state index in [1.165, 1.54) is 11.8 Å². The third kappa shape index (κ3) is 3.20. The van der Waals surface area contributed by atoms with Crippen molar-refractivity contribution in [2.24, 2.45) is 0 Å². The van der Waals surface area contributed by atoms with Crippen LogP contribution in [-0.2, 0) is 4.79 Å². The van der Waals surface area contributed by atoms with E-state index in [0.717, 1.165) is 20.2 Å². The number of carbonyl (C=O) groups excluding carboxylic acids is 1. The molecule has 6 heteroatoms. The second kappa shape index (κ2) is 6.66. The van der Waals surface area contributed by atoms with Crippen LogP contribution in [0.5, 0.6) is 0 Å². The monoisotopic (exact) mass is 453 g/mol. The van der Waals surface area contributed by atoms with Gasteiger partial charge < -0.3 is 0 Å². The molecule has 22 heavy (non-hydrogen) atoms. The summed E-state index contributed by atoms with van der Waals surface area (Å²) in [7, 11) is 0. The highest BCUT2D eigenvalue weighted by atomic mass is 79.9. The maximum Gasteiger partial charge on any atom is 0.270 e. The van der Waals surface area contributed by atoms with Crippen molar-refractivity contribution >= 4 is 77.8 Å². The van der Waals surface area contributed by atoms with Crippen LogP contribution in [-0.4, -0.2) is 10.2 Å². The lowest BCUT2D eigenvalue weighted by Crippen LogP contribution is -2.27. The second-order valence-electron chi connectivity index (χ2n) is 4.52. The molecule has 0 N–H and O–H groups in total. The zero-order chi connectivity index (χ0) is 15.7. The van der Waals surface area contributed by atoms with Gasteiger partial charge in [-0.05, 0) is 51.8 Å². The third-order valence-corrected chi connectivity index (χ3v) is 5.56. The zero-order valence-corrected chi connectivity index (χ0v) is 15.9. The Morgan fingerprint density at radius 1 is 1.05 bits per heavy atom. The van der Waals surface area contributed by atoms with Gasteiger partial charge in [0, 0.05) is 8.95 Å². The normalized spacial score (nSPS) is 16.6. The largest absolute Gasteiger partial charge is 0.270 e. The number of carbonyl (C=O) groups is 1. The van der Waals surface area contributed by atoms with Gasteiger partial charge in [0.25, 0.3) is 5.91 Å². The minimum Gasteiger partial charge on any atom is -0.268 e. The van der Waals surface area contributed by atoms with Crippen LogP contribution >= 0.6 is 55.8 Å². The van der Waals surface area contributed by atoms with Crippen molar-refractivity contribution in [2.45, 2.75) is 0 Å². The van der Waals surface area contributed by atoms with E-state index in [2.05, 4.69) is 31.9 Å². The van der Waals surface area contributed by atoms with Crippen LogP contribution in [0, 0.1) is 0 Å². The molecule has 2 aromatic rings. The molecule has 0 aliphatic carbocycles. The van der Waals surface area contributed by atoms with Crippen molar-refractivity contribution in [3.05, 3.63) is 67.9 Å². The van der Waals surface area contributed by atoms with Gasteiger partial charge in [-0.2, -0.15) is 0 Å². The number of para-hydroxylation sites is 1. The summed E-state index contributed by atoms with van der Waals surface area (Å²) in [6, 6.07) is 15.4. The number of thiocarbonyl (C=S) groups is 1. The van der Waals surface area contributed by atoms with Gasteiger partial charge in [-0.1, -0.05) is 64.2 Å². The Balaban J connectivity index is 1.95. The molecule has 0 bridgehead atoms. The number of hydrogen-bond donors (Lipinski definition) is 0. The van der Waals surface area contributed by atoms with E-state index >= 15 is 0 Å². The molecule has 0 atom stereocenters. The molecule has 0 spiro atoms. The average Bonchev–Trinajstić information content (AvgIpc) is 2.77. The molecule has 1 fully saturated rings. The van der Waals surface area contributed by atoms with Crippen molar-refractivity contribution in [3.8, 4) is 0 Å². The Labute approximate surface area is 154 Å². The molecular weight excluding hydrogens is 446 g/mol. The predicted octanol–water partition coefficient (Wildman–Crippen LogP) is 5.62. The molecule has 2 aromatic carbocycles. The fourth-order valence-corrected chi connectivity index (χ4v) is 4.03. The molecule has 1 aliphatic heterocycles. The van der Waals surface area contributed by atoms with Crippen LogP contribution in [0.3, 0.4) is 0 Å². The topological polar surface area (TPSA) is 20.3 Å². The third-order valence-electron chi connectivity index (χ3n) is 3.05. The van der Waals surface area contributed by atoms with Gasteiger partial charge in [0.2, 0.25) is 0 Å². The predicted molar refractivity (Wildman–Crippen MR) is 104 cm³/mol. The van der Waals surface area contributed by atoms with Gasteiger partial charge in [0.05, 0.1) is 10.6 Å². The van der Waals surface area contributed by atoms with Gasteiger partial charge in [0.15, 0.2) is 4.32 Å². The summed E-state index contributed by atoms with van der Waals surface area (Å²) in [6.07, 6.45) is 1.86. The number of halogens is 2. The summed E-state index contributed by atoms with van der Waals surface area (Å²) in [5, 5.41) is 0. The van der Waals surface area contributed by atoms with E-state index < -0.39 is 0 Å². The van der Waals surface area contributed by atoms with E-state index in [1.807, 2.05) is 54.6 Å². The maximum absolute atomic E-state index is 12.7. The smallest absolute Gasteiger partial charge is 0.268 e. The summed E-state index contributed by atoms with van der Waals surface area (Å²) in [4.78, 5) is 14.9. The minimum atomic E-state index is -0.0928. The molecular formula is C16H9Br2NOS2. The number of nitrogens with zero attached hydrogens (tertiary/aromatic N) is 1. The lowest BCUT2D eigenvalue weighted by atomic mass is 10.2. The molecule has 110 valence electrons. The van der Waals surface area contributed by atoms with Gasteiger partial charge in [-0.15, -0.1) is 0 Å². The first-order valence-corrected chi connectivity index (χ1v) is 9.15. The first kappa shape index (κ1) is 15.9. The molecule has 0 saturated carbocycles. The quantitative estimate of drug-likeness (QED) is 0.434. The molecule has 2 nitrogen and oxygen atoms in total. The standard InChI is InChI=1S/C16H9Br2NOS2/c17-11-7-5-10(6-8-11)9-14-15(20)19(16(21)22-14)13-4-2-1-3-12(13)18/h1-9H/b14-9-. The highest BCUT2D eigenvalue weighted by Gasteiger charge is 2.34. The van der Waals surface area contributed by atoms with Crippen molar-refractivity contribution in [3.63, 3.8) is 0 Å². The SMILES string of the molecule is O=C1/C(=C/c2ccc(Br)cc2)SC(=S)N1c1ccccc1Br. The van der Waals surface area contributed by atoms with Crippen LogP contribution in [0.1, 0.15) is 5.56 Å². The zero-order valence-electron chi connectivity index (χ0n) is 11.1. The fraction of sp³-hybridized carbons (Fsp3) is 0. The van der Waals surface area contributed by atoms with Crippen LogP contribution in [0.25, 0.3) is 6.08 Å². The Bertz CT molecular complexity index is 787. The highest BCUT2D eigenvalue weighted by Crippen LogP contribution is 2.38. The van der Waals surface area contributed by atoms with Crippen molar-refractivity contribution < 1.29 is 4.79 Å². The molecule has 3 rings (SSSR count). The van der Waals surface area contributed by atoms with E-state index in [-0.39, 0.29) is 5.91 Å². The highest BCUT2D eigenvalue weighted by molar-refractivity contribution is 9.10. The number of hydrogen-bond acceptors (Lipinski definition) is 3. The molecule has 1 heterocycles. The first-order valence-electron chi connectivity index (χ1n) is 6.34. The maximum atomic E-state index is 12.7. The summed E-state index contributed by atoms with van der Waals surface area (Å²) in [6.45, 7) is 0. The van der Waals surface area contributed by atoms with E-state index in [4.69, 9.17) is 12.2 Å². The Hall–Kier alpha value is -0.950.